The third-order valence-electron chi connectivity index (χ3n) is 3.08. The predicted molar refractivity (Wildman–Crippen MR) is 78.4 cm³/mol. The van der Waals surface area contributed by atoms with E-state index in [9.17, 15) is 4.79 Å². The van der Waals surface area contributed by atoms with Gasteiger partial charge in [-0.1, -0.05) is 24.3 Å². The molecule has 1 aromatic heterocycles. The third kappa shape index (κ3) is 3.71. The van der Waals surface area contributed by atoms with Gasteiger partial charge in [-0.3, -0.25) is 4.79 Å². The van der Waals surface area contributed by atoms with Crippen LogP contribution in [0.4, 0.5) is 0 Å². The van der Waals surface area contributed by atoms with Gasteiger partial charge >= 0.3 is 0 Å². The summed E-state index contributed by atoms with van der Waals surface area (Å²) in [5.74, 6) is 0.539. The number of rotatable bonds is 5. The summed E-state index contributed by atoms with van der Waals surface area (Å²) in [5.41, 5.74) is 2.94. The largest absolute Gasteiger partial charge is 0.469 e. The molecule has 1 N–H and O–H groups in total. The Labute approximate surface area is 119 Å². The number of carbonyl (C=O) groups is 1. The minimum atomic E-state index is -0.103. The topological polar surface area (TPSA) is 45.5 Å². The van der Waals surface area contributed by atoms with Crippen LogP contribution in [0.25, 0.3) is 0 Å². The van der Waals surface area contributed by atoms with Gasteiger partial charge in [-0.05, 0) is 38.2 Å². The molecule has 0 aliphatic carbocycles. The van der Waals surface area contributed by atoms with Crippen molar-refractivity contribution in [2.75, 3.05) is 14.1 Å². The Morgan fingerprint density at radius 3 is 2.35 bits per heavy atom. The Morgan fingerprint density at radius 2 is 1.80 bits per heavy atom. The zero-order valence-electron chi connectivity index (χ0n) is 12.1. The van der Waals surface area contributed by atoms with E-state index in [-0.39, 0.29) is 5.91 Å². The molecule has 2 rings (SSSR count). The molecule has 0 atom stereocenters. The highest BCUT2D eigenvalue weighted by molar-refractivity contribution is 5.94. The zero-order valence-corrected chi connectivity index (χ0v) is 12.1. The Hall–Kier alpha value is -2.07. The van der Waals surface area contributed by atoms with Crippen LogP contribution >= 0.6 is 0 Å². The number of furan rings is 1. The maximum atomic E-state index is 11.9. The zero-order chi connectivity index (χ0) is 14.5. The summed E-state index contributed by atoms with van der Waals surface area (Å²) in [7, 11) is 4.09. The van der Waals surface area contributed by atoms with Crippen molar-refractivity contribution in [2.45, 2.75) is 20.0 Å². The number of nitrogens with zero attached hydrogens (tertiary/aromatic N) is 1. The average molecular weight is 272 g/mol. The molecule has 4 heteroatoms. The average Bonchev–Trinajstić information content (AvgIpc) is 2.83. The van der Waals surface area contributed by atoms with Gasteiger partial charge < -0.3 is 14.6 Å². The van der Waals surface area contributed by atoms with Gasteiger partial charge in [0, 0.05) is 13.1 Å². The van der Waals surface area contributed by atoms with Crippen LogP contribution in [-0.4, -0.2) is 24.9 Å². The summed E-state index contributed by atoms with van der Waals surface area (Å²) in [5, 5.41) is 2.89. The first kappa shape index (κ1) is 14.3. The summed E-state index contributed by atoms with van der Waals surface area (Å²) in [6.07, 6.45) is 1.53. The van der Waals surface area contributed by atoms with E-state index in [2.05, 4.69) is 22.3 Å². The van der Waals surface area contributed by atoms with Crippen LogP contribution in [-0.2, 0) is 13.1 Å². The predicted octanol–water partition coefficient (Wildman–Crippen LogP) is 2.58. The van der Waals surface area contributed by atoms with Crippen molar-refractivity contribution < 1.29 is 9.21 Å². The molecule has 1 aromatic carbocycles. The Kier molecular flexibility index (Phi) is 4.58. The normalized spacial score (nSPS) is 10.8. The van der Waals surface area contributed by atoms with Crippen LogP contribution in [0.5, 0.6) is 0 Å². The first-order chi connectivity index (χ1) is 9.56. The van der Waals surface area contributed by atoms with Gasteiger partial charge in [-0.2, -0.15) is 0 Å². The maximum Gasteiger partial charge on any atom is 0.255 e. The van der Waals surface area contributed by atoms with Crippen molar-refractivity contribution >= 4 is 5.91 Å². The molecule has 2 aromatic rings. The minimum absolute atomic E-state index is 0.103. The molecule has 20 heavy (non-hydrogen) atoms. The number of amides is 1. The fourth-order valence-corrected chi connectivity index (χ4v) is 2.03. The number of hydrogen-bond donors (Lipinski definition) is 1. The molecule has 0 saturated heterocycles. The van der Waals surface area contributed by atoms with Crippen LogP contribution in [0.15, 0.2) is 41.0 Å². The molecule has 0 unspecified atom stereocenters. The molecule has 4 nitrogen and oxygen atoms in total. The Morgan fingerprint density at radius 1 is 1.15 bits per heavy atom. The van der Waals surface area contributed by atoms with Crippen molar-refractivity contribution in [1.29, 1.82) is 0 Å². The van der Waals surface area contributed by atoms with Gasteiger partial charge in [-0.25, -0.2) is 0 Å². The third-order valence-corrected chi connectivity index (χ3v) is 3.08. The van der Waals surface area contributed by atoms with Crippen LogP contribution < -0.4 is 5.32 Å². The first-order valence-electron chi connectivity index (χ1n) is 6.61. The van der Waals surface area contributed by atoms with Crippen molar-refractivity contribution in [3.05, 3.63) is 59.0 Å². The highest BCUT2D eigenvalue weighted by Crippen LogP contribution is 2.09. The maximum absolute atomic E-state index is 11.9. The van der Waals surface area contributed by atoms with E-state index in [1.54, 1.807) is 13.0 Å². The fraction of sp³-hybridized carbons (Fsp3) is 0.312. The van der Waals surface area contributed by atoms with Crippen LogP contribution in [0.2, 0.25) is 0 Å². The number of aryl methyl sites for hydroxylation is 1. The Balaban J connectivity index is 1.91. The summed E-state index contributed by atoms with van der Waals surface area (Å²) < 4.78 is 5.12. The van der Waals surface area contributed by atoms with E-state index >= 15 is 0 Å². The van der Waals surface area contributed by atoms with Crippen molar-refractivity contribution in [3.63, 3.8) is 0 Å². The summed E-state index contributed by atoms with van der Waals surface area (Å²) >= 11 is 0. The summed E-state index contributed by atoms with van der Waals surface area (Å²) in [4.78, 5) is 14.1. The lowest BCUT2D eigenvalue weighted by Crippen LogP contribution is -2.22. The lowest BCUT2D eigenvalue weighted by atomic mass is 10.1. The molecular weight excluding hydrogens is 252 g/mol. The standard InChI is InChI=1S/C16H20N2O2/c1-12-15(8-9-20-12)16(19)17-10-13-4-6-14(7-5-13)11-18(2)3/h4-9H,10-11H2,1-3H3,(H,17,19). The molecule has 0 saturated carbocycles. The molecule has 106 valence electrons. The van der Waals surface area contributed by atoms with Crippen molar-refractivity contribution in [2.24, 2.45) is 0 Å². The summed E-state index contributed by atoms with van der Waals surface area (Å²) in [6, 6.07) is 9.95. The highest BCUT2D eigenvalue weighted by atomic mass is 16.3. The van der Waals surface area contributed by atoms with Gasteiger partial charge in [0.15, 0.2) is 0 Å². The van der Waals surface area contributed by atoms with E-state index in [1.165, 1.54) is 11.8 Å². The van der Waals surface area contributed by atoms with Gasteiger partial charge in [-0.15, -0.1) is 0 Å². The Bertz CT molecular complexity index is 570. The molecule has 0 spiro atoms. The van der Waals surface area contributed by atoms with E-state index in [1.807, 2.05) is 26.2 Å². The van der Waals surface area contributed by atoms with Crippen LogP contribution in [0, 0.1) is 6.92 Å². The number of nitrogens with one attached hydrogen (secondary N) is 1. The van der Waals surface area contributed by atoms with Gasteiger partial charge in [0.2, 0.25) is 0 Å². The van der Waals surface area contributed by atoms with E-state index in [4.69, 9.17) is 4.42 Å². The van der Waals surface area contributed by atoms with Crippen LogP contribution in [0.1, 0.15) is 27.2 Å². The van der Waals surface area contributed by atoms with Crippen molar-refractivity contribution in [3.8, 4) is 0 Å². The molecule has 0 aliphatic rings. The molecule has 1 amide bonds. The fourth-order valence-electron chi connectivity index (χ4n) is 2.03. The molecule has 1 heterocycles. The van der Waals surface area contributed by atoms with Crippen LogP contribution in [0.3, 0.4) is 0 Å². The van der Waals surface area contributed by atoms with Gasteiger partial charge in [0.1, 0.15) is 5.76 Å². The molecular formula is C16H20N2O2. The lowest BCUT2D eigenvalue weighted by molar-refractivity contribution is 0.0949. The smallest absolute Gasteiger partial charge is 0.255 e. The van der Waals surface area contributed by atoms with E-state index in [0.717, 1.165) is 12.1 Å². The monoisotopic (exact) mass is 272 g/mol. The second kappa shape index (κ2) is 6.39. The van der Waals surface area contributed by atoms with E-state index < -0.39 is 0 Å². The summed E-state index contributed by atoms with van der Waals surface area (Å²) in [6.45, 7) is 3.22. The number of carbonyl (C=O) groups excluding carboxylic acids is 1. The molecule has 0 radical (unpaired) electrons. The number of benzene rings is 1. The highest BCUT2D eigenvalue weighted by Gasteiger charge is 2.10. The van der Waals surface area contributed by atoms with Gasteiger partial charge in [0.25, 0.3) is 5.91 Å². The number of hydrogen-bond acceptors (Lipinski definition) is 3. The second-order valence-corrected chi connectivity index (χ2v) is 5.13. The SMILES string of the molecule is Cc1occc1C(=O)NCc1ccc(CN(C)C)cc1. The van der Waals surface area contributed by atoms with Gasteiger partial charge in [0.05, 0.1) is 11.8 Å². The lowest BCUT2D eigenvalue weighted by Gasteiger charge is -2.10. The van der Waals surface area contributed by atoms with Crippen molar-refractivity contribution in [1.82, 2.24) is 10.2 Å². The molecule has 0 bridgehead atoms. The second-order valence-electron chi connectivity index (χ2n) is 5.13. The quantitative estimate of drug-likeness (QED) is 0.910. The minimum Gasteiger partial charge on any atom is -0.469 e. The first-order valence-corrected chi connectivity index (χ1v) is 6.61. The molecule has 0 fully saturated rings. The van der Waals surface area contributed by atoms with E-state index in [0.29, 0.717) is 17.9 Å². The molecule has 0 aliphatic heterocycles.